The lowest BCUT2D eigenvalue weighted by molar-refractivity contribution is -0.120. The van der Waals surface area contributed by atoms with Gasteiger partial charge in [-0.1, -0.05) is 43.5 Å². The number of hydrogen-bond donors (Lipinski definition) is 0. The summed E-state index contributed by atoms with van der Waals surface area (Å²) in [7, 11) is 0. The average molecular weight is 256 g/mol. The Bertz CT molecular complexity index is 416. The smallest absolute Gasteiger partial charge is 0.132 e. The van der Waals surface area contributed by atoms with Gasteiger partial charge in [0, 0.05) is 12.8 Å². The summed E-state index contributed by atoms with van der Waals surface area (Å²) in [6.45, 7) is 0. The third-order valence-electron chi connectivity index (χ3n) is 5.03. The van der Waals surface area contributed by atoms with Crippen molar-refractivity contribution in [2.24, 2.45) is 0 Å². The molecule has 0 radical (unpaired) electrons. The zero-order valence-electron chi connectivity index (χ0n) is 11.7. The van der Waals surface area contributed by atoms with E-state index >= 15 is 0 Å². The quantitative estimate of drug-likeness (QED) is 0.730. The minimum Gasteiger partial charge on any atom is -0.300 e. The van der Waals surface area contributed by atoms with Gasteiger partial charge < -0.3 is 0 Å². The first-order chi connectivity index (χ1) is 9.33. The van der Waals surface area contributed by atoms with Crippen molar-refractivity contribution >= 4 is 5.78 Å². The molecule has 102 valence electrons. The van der Waals surface area contributed by atoms with E-state index in [4.69, 9.17) is 0 Å². The first kappa shape index (κ1) is 12.9. The number of carbonyl (C=O) groups is 1. The van der Waals surface area contributed by atoms with Crippen LogP contribution in [0.15, 0.2) is 24.3 Å². The highest BCUT2D eigenvalue weighted by Gasteiger charge is 2.21. The van der Waals surface area contributed by atoms with Gasteiger partial charge >= 0.3 is 0 Å². The molecule has 1 aromatic rings. The number of Topliss-reactive ketones (excluding diaryl/α,β-unsaturated/α-hetero) is 1. The fourth-order valence-electron chi connectivity index (χ4n) is 3.75. The van der Waals surface area contributed by atoms with Gasteiger partial charge in [0.1, 0.15) is 5.78 Å². The largest absolute Gasteiger partial charge is 0.300 e. The normalized spacial score (nSPS) is 22.6. The fraction of sp³-hybridized carbons (Fsp3) is 0.611. The molecule has 1 heteroatoms. The number of carbonyl (C=O) groups excluding carboxylic acids is 1. The summed E-state index contributed by atoms with van der Waals surface area (Å²) in [4.78, 5) is 11.3. The molecule has 0 bridgehead atoms. The van der Waals surface area contributed by atoms with Crippen LogP contribution in [0.25, 0.3) is 0 Å². The van der Waals surface area contributed by atoms with Gasteiger partial charge in [-0.3, -0.25) is 4.79 Å². The van der Waals surface area contributed by atoms with Crippen LogP contribution in [-0.4, -0.2) is 5.78 Å². The predicted molar refractivity (Wildman–Crippen MR) is 78.5 cm³/mol. The topological polar surface area (TPSA) is 17.1 Å². The molecule has 0 N–H and O–H groups in total. The molecule has 0 unspecified atom stereocenters. The molecule has 2 fully saturated rings. The Hall–Kier alpha value is -1.11. The van der Waals surface area contributed by atoms with Crippen molar-refractivity contribution in [1.82, 2.24) is 0 Å². The molecule has 2 saturated carbocycles. The van der Waals surface area contributed by atoms with E-state index in [9.17, 15) is 4.79 Å². The minimum absolute atomic E-state index is 0.454. The van der Waals surface area contributed by atoms with Gasteiger partial charge in [0.2, 0.25) is 0 Å². The minimum atomic E-state index is 0.454. The van der Waals surface area contributed by atoms with Gasteiger partial charge in [0.25, 0.3) is 0 Å². The summed E-state index contributed by atoms with van der Waals surface area (Å²) < 4.78 is 0. The van der Waals surface area contributed by atoms with Gasteiger partial charge in [-0.05, 0) is 48.6 Å². The molecule has 0 aliphatic heterocycles. The number of benzene rings is 1. The molecule has 2 aliphatic rings. The van der Waals surface area contributed by atoms with Crippen LogP contribution in [0.5, 0.6) is 0 Å². The highest BCUT2D eigenvalue weighted by molar-refractivity contribution is 5.79. The summed E-state index contributed by atoms with van der Waals surface area (Å²) >= 11 is 0. The maximum atomic E-state index is 11.3. The van der Waals surface area contributed by atoms with Crippen molar-refractivity contribution in [3.63, 3.8) is 0 Å². The molecule has 0 heterocycles. The summed E-state index contributed by atoms with van der Waals surface area (Å²) in [5, 5.41) is 0. The summed E-state index contributed by atoms with van der Waals surface area (Å²) in [5.41, 5.74) is 2.99. The van der Waals surface area contributed by atoms with E-state index in [0.717, 1.165) is 31.6 Å². The standard InChI is InChI=1S/C18H24O/c19-18-12-10-17(11-13-18)16-8-6-15(7-9-16)14-4-2-1-3-5-14/h6-9,14,17H,1-5,10-13H2. The molecule has 0 spiro atoms. The molecule has 3 rings (SSSR count). The zero-order valence-corrected chi connectivity index (χ0v) is 11.7. The Labute approximate surface area is 116 Å². The second kappa shape index (κ2) is 5.90. The highest BCUT2D eigenvalue weighted by atomic mass is 16.1. The van der Waals surface area contributed by atoms with Gasteiger partial charge in [-0.2, -0.15) is 0 Å². The number of rotatable bonds is 2. The van der Waals surface area contributed by atoms with Crippen LogP contribution in [0.2, 0.25) is 0 Å². The van der Waals surface area contributed by atoms with Crippen molar-refractivity contribution in [2.75, 3.05) is 0 Å². The molecule has 0 atom stereocenters. The van der Waals surface area contributed by atoms with E-state index in [-0.39, 0.29) is 0 Å². The first-order valence-electron chi connectivity index (χ1n) is 7.94. The van der Waals surface area contributed by atoms with Crippen LogP contribution in [0.4, 0.5) is 0 Å². The van der Waals surface area contributed by atoms with Crippen LogP contribution in [0, 0.1) is 0 Å². The molecule has 19 heavy (non-hydrogen) atoms. The van der Waals surface area contributed by atoms with Gasteiger partial charge in [-0.15, -0.1) is 0 Å². The van der Waals surface area contributed by atoms with E-state index in [2.05, 4.69) is 24.3 Å². The van der Waals surface area contributed by atoms with Crippen molar-refractivity contribution in [3.05, 3.63) is 35.4 Å². The van der Waals surface area contributed by atoms with E-state index in [0.29, 0.717) is 11.7 Å². The van der Waals surface area contributed by atoms with Crippen molar-refractivity contribution in [1.29, 1.82) is 0 Å². The van der Waals surface area contributed by atoms with Gasteiger partial charge in [0.15, 0.2) is 0 Å². The Morgan fingerprint density at radius 2 is 1.16 bits per heavy atom. The van der Waals surface area contributed by atoms with Gasteiger partial charge in [-0.25, -0.2) is 0 Å². The Balaban J connectivity index is 1.66. The highest BCUT2D eigenvalue weighted by Crippen LogP contribution is 2.35. The molecule has 1 nitrogen and oxygen atoms in total. The Morgan fingerprint density at radius 3 is 1.68 bits per heavy atom. The summed E-state index contributed by atoms with van der Waals surface area (Å²) in [6, 6.07) is 9.35. The lowest BCUT2D eigenvalue weighted by atomic mass is 9.81. The van der Waals surface area contributed by atoms with Crippen LogP contribution in [-0.2, 0) is 4.79 Å². The summed E-state index contributed by atoms with van der Waals surface area (Å²) in [5.74, 6) is 1.88. The predicted octanol–water partition coefficient (Wildman–Crippen LogP) is 4.96. The van der Waals surface area contributed by atoms with E-state index in [1.807, 2.05) is 0 Å². The molecule has 1 aromatic carbocycles. The fourth-order valence-corrected chi connectivity index (χ4v) is 3.75. The Morgan fingerprint density at radius 1 is 0.684 bits per heavy atom. The molecule has 0 amide bonds. The lowest BCUT2D eigenvalue weighted by Crippen LogP contribution is -2.12. The molecule has 2 aliphatic carbocycles. The monoisotopic (exact) mass is 256 g/mol. The summed E-state index contributed by atoms with van der Waals surface area (Å²) in [6.07, 6.45) is 10.7. The van der Waals surface area contributed by atoms with E-state index in [1.165, 1.54) is 43.2 Å². The molecule has 0 saturated heterocycles. The zero-order chi connectivity index (χ0) is 13.1. The first-order valence-corrected chi connectivity index (χ1v) is 7.94. The SMILES string of the molecule is O=C1CCC(c2ccc(C3CCCCC3)cc2)CC1. The van der Waals surface area contributed by atoms with Crippen molar-refractivity contribution in [2.45, 2.75) is 69.6 Å². The van der Waals surface area contributed by atoms with Crippen LogP contribution >= 0.6 is 0 Å². The van der Waals surface area contributed by atoms with Crippen LogP contribution in [0.3, 0.4) is 0 Å². The second-order valence-corrected chi connectivity index (χ2v) is 6.31. The maximum absolute atomic E-state index is 11.3. The molecular weight excluding hydrogens is 232 g/mol. The van der Waals surface area contributed by atoms with Crippen LogP contribution < -0.4 is 0 Å². The Kier molecular flexibility index (Phi) is 4.00. The third kappa shape index (κ3) is 3.08. The van der Waals surface area contributed by atoms with Crippen molar-refractivity contribution < 1.29 is 4.79 Å². The van der Waals surface area contributed by atoms with Gasteiger partial charge in [0.05, 0.1) is 0 Å². The van der Waals surface area contributed by atoms with E-state index < -0.39 is 0 Å². The molecule has 0 aromatic heterocycles. The van der Waals surface area contributed by atoms with E-state index in [1.54, 1.807) is 0 Å². The third-order valence-corrected chi connectivity index (χ3v) is 5.03. The second-order valence-electron chi connectivity index (χ2n) is 6.31. The maximum Gasteiger partial charge on any atom is 0.132 e. The van der Waals surface area contributed by atoms with Crippen molar-refractivity contribution in [3.8, 4) is 0 Å². The average Bonchev–Trinajstić information content (AvgIpc) is 2.49. The van der Waals surface area contributed by atoms with Crippen LogP contribution in [0.1, 0.15) is 80.8 Å². The lowest BCUT2D eigenvalue weighted by Gasteiger charge is -2.24. The number of hydrogen-bond acceptors (Lipinski definition) is 1. The molecular formula is C18H24O. The number of ketones is 1.